The summed E-state index contributed by atoms with van der Waals surface area (Å²) in [6.07, 6.45) is -0.498. The standard InChI is InChI=1S/C16H18F2N2O4/c1-10(8-12(21)13-5-3-7-23-13)20-15(22)11-4-2-6-19-16(11)24-9-14(17)18/h2-7,10,12,14,21H,8-9H2,1H3,(H,20,22). The van der Waals surface area contributed by atoms with Crippen LogP contribution in [0.15, 0.2) is 41.1 Å². The molecule has 130 valence electrons. The Bertz CT molecular complexity index is 649. The van der Waals surface area contributed by atoms with E-state index in [2.05, 4.69) is 10.3 Å². The van der Waals surface area contributed by atoms with Gasteiger partial charge in [0.15, 0.2) is 6.61 Å². The van der Waals surface area contributed by atoms with Crippen LogP contribution < -0.4 is 10.1 Å². The van der Waals surface area contributed by atoms with E-state index in [0.29, 0.717) is 5.76 Å². The van der Waals surface area contributed by atoms with Crippen molar-refractivity contribution in [3.63, 3.8) is 0 Å². The highest BCUT2D eigenvalue weighted by atomic mass is 19.3. The van der Waals surface area contributed by atoms with Crippen molar-refractivity contribution >= 4 is 5.91 Å². The van der Waals surface area contributed by atoms with Gasteiger partial charge in [-0.15, -0.1) is 0 Å². The zero-order valence-electron chi connectivity index (χ0n) is 13.0. The molecule has 0 saturated carbocycles. The molecule has 0 bridgehead atoms. The average molecular weight is 340 g/mol. The summed E-state index contributed by atoms with van der Waals surface area (Å²) in [5.74, 6) is -0.279. The third-order valence-electron chi connectivity index (χ3n) is 3.19. The highest BCUT2D eigenvalue weighted by Crippen LogP contribution is 2.20. The number of nitrogens with zero attached hydrogens (tertiary/aromatic N) is 1. The van der Waals surface area contributed by atoms with Crippen LogP contribution in [0.1, 0.15) is 35.6 Å². The van der Waals surface area contributed by atoms with Gasteiger partial charge in [0.05, 0.1) is 6.26 Å². The third kappa shape index (κ3) is 5.02. The molecule has 8 heteroatoms. The van der Waals surface area contributed by atoms with Crippen molar-refractivity contribution in [2.75, 3.05) is 6.61 Å². The minimum absolute atomic E-state index is 0.0532. The molecule has 0 aliphatic rings. The fraction of sp³-hybridized carbons (Fsp3) is 0.375. The van der Waals surface area contributed by atoms with Gasteiger partial charge >= 0.3 is 0 Å². The third-order valence-corrected chi connectivity index (χ3v) is 3.19. The summed E-state index contributed by atoms with van der Waals surface area (Å²) in [4.78, 5) is 16.1. The summed E-state index contributed by atoms with van der Waals surface area (Å²) in [6, 6.07) is 5.84. The van der Waals surface area contributed by atoms with Gasteiger partial charge in [0.25, 0.3) is 12.3 Å². The molecule has 6 nitrogen and oxygen atoms in total. The fourth-order valence-electron chi connectivity index (χ4n) is 2.11. The van der Waals surface area contributed by atoms with Crippen LogP contribution in [-0.4, -0.2) is 35.1 Å². The van der Waals surface area contributed by atoms with Crippen molar-refractivity contribution < 1.29 is 27.8 Å². The summed E-state index contributed by atoms with van der Waals surface area (Å²) < 4.78 is 34.5. The summed E-state index contributed by atoms with van der Waals surface area (Å²) >= 11 is 0. The van der Waals surface area contributed by atoms with Gasteiger partial charge in [0, 0.05) is 18.7 Å². The molecule has 0 aliphatic carbocycles. The number of aliphatic hydroxyl groups is 1. The minimum Gasteiger partial charge on any atom is -0.471 e. The lowest BCUT2D eigenvalue weighted by molar-refractivity contribution is 0.0765. The average Bonchev–Trinajstić information content (AvgIpc) is 3.07. The summed E-state index contributed by atoms with van der Waals surface area (Å²) in [6.45, 7) is 0.865. The van der Waals surface area contributed by atoms with Crippen molar-refractivity contribution in [3.8, 4) is 5.88 Å². The van der Waals surface area contributed by atoms with Crippen molar-refractivity contribution in [1.82, 2.24) is 10.3 Å². The number of rotatable bonds is 8. The number of carbonyl (C=O) groups excluding carboxylic acids is 1. The Morgan fingerprint density at radius 1 is 1.42 bits per heavy atom. The Morgan fingerprint density at radius 2 is 2.21 bits per heavy atom. The quantitative estimate of drug-likeness (QED) is 0.771. The van der Waals surface area contributed by atoms with E-state index in [0.717, 1.165) is 0 Å². The summed E-state index contributed by atoms with van der Waals surface area (Å²) in [5, 5.41) is 12.7. The topological polar surface area (TPSA) is 84.6 Å². The summed E-state index contributed by atoms with van der Waals surface area (Å²) in [5.41, 5.74) is 0.0532. The molecule has 2 rings (SSSR count). The molecule has 0 spiro atoms. The van der Waals surface area contributed by atoms with Crippen LogP contribution in [0.3, 0.4) is 0 Å². The van der Waals surface area contributed by atoms with E-state index in [4.69, 9.17) is 9.15 Å². The van der Waals surface area contributed by atoms with E-state index in [1.165, 1.54) is 24.6 Å². The van der Waals surface area contributed by atoms with Gasteiger partial charge in [0.1, 0.15) is 17.4 Å². The second-order valence-electron chi connectivity index (χ2n) is 5.20. The predicted molar refractivity (Wildman–Crippen MR) is 80.9 cm³/mol. The first kappa shape index (κ1) is 17.9. The zero-order chi connectivity index (χ0) is 17.5. The fourth-order valence-corrected chi connectivity index (χ4v) is 2.11. The number of halogens is 2. The van der Waals surface area contributed by atoms with Crippen LogP contribution in [0, 0.1) is 0 Å². The lowest BCUT2D eigenvalue weighted by Crippen LogP contribution is -2.34. The number of amides is 1. The molecule has 2 N–H and O–H groups in total. The van der Waals surface area contributed by atoms with Gasteiger partial charge in [-0.1, -0.05) is 0 Å². The molecular formula is C16H18F2N2O4. The Morgan fingerprint density at radius 3 is 2.88 bits per heavy atom. The van der Waals surface area contributed by atoms with E-state index in [1.54, 1.807) is 19.1 Å². The number of nitrogens with one attached hydrogen (secondary N) is 1. The Kier molecular flexibility index (Phi) is 6.25. The van der Waals surface area contributed by atoms with E-state index in [-0.39, 0.29) is 23.9 Å². The molecule has 2 aromatic rings. The first-order valence-electron chi connectivity index (χ1n) is 7.35. The maximum Gasteiger partial charge on any atom is 0.272 e. The monoisotopic (exact) mass is 340 g/mol. The molecule has 24 heavy (non-hydrogen) atoms. The summed E-state index contributed by atoms with van der Waals surface area (Å²) in [7, 11) is 0. The Labute approximate surface area is 137 Å². The molecule has 0 fully saturated rings. The SMILES string of the molecule is CC(CC(O)c1ccco1)NC(=O)c1cccnc1OCC(F)F. The van der Waals surface area contributed by atoms with Gasteiger partial charge in [0.2, 0.25) is 5.88 Å². The Hall–Kier alpha value is -2.48. The molecule has 0 aliphatic heterocycles. The van der Waals surface area contributed by atoms with Crippen LogP contribution in [0.4, 0.5) is 8.78 Å². The number of pyridine rings is 1. The zero-order valence-corrected chi connectivity index (χ0v) is 13.0. The molecule has 0 saturated heterocycles. The largest absolute Gasteiger partial charge is 0.471 e. The number of alkyl halides is 2. The van der Waals surface area contributed by atoms with Gasteiger partial charge in [-0.2, -0.15) is 0 Å². The molecule has 0 radical (unpaired) electrons. The maximum absolute atomic E-state index is 12.3. The van der Waals surface area contributed by atoms with E-state index < -0.39 is 25.0 Å². The molecular weight excluding hydrogens is 322 g/mol. The normalized spacial score (nSPS) is 13.5. The minimum atomic E-state index is -2.66. The van der Waals surface area contributed by atoms with Crippen molar-refractivity contribution in [2.24, 2.45) is 0 Å². The number of aromatic nitrogens is 1. The van der Waals surface area contributed by atoms with E-state index >= 15 is 0 Å². The Balaban J connectivity index is 1.96. The number of furan rings is 1. The number of carbonyl (C=O) groups is 1. The van der Waals surface area contributed by atoms with Crippen LogP contribution in [0.5, 0.6) is 5.88 Å². The molecule has 0 aromatic carbocycles. The van der Waals surface area contributed by atoms with Crippen LogP contribution in [0.25, 0.3) is 0 Å². The molecule has 2 heterocycles. The number of hydrogen-bond donors (Lipinski definition) is 2. The highest BCUT2D eigenvalue weighted by molar-refractivity contribution is 5.96. The van der Waals surface area contributed by atoms with Gasteiger partial charge in [-0.05, 0) is 31.2 Å². The maximum atomic E-state index is 12.3. The lowest BCUT2D eigenvalue weighted by Gasteiger charge is -2.17. The number of hydrogen-bond acceptors (Lipinski definition) is 5. The molecule has 2 atom stereocenters. The second kappa shape index (κ2) is 8.39. The first-order valence-corrected chi connectivity index (χ1v) is 7.35. The van der Waals surface area contributed by atoms with Gasteiger partial charge < -0.3 is 19.6 Å². The van der Waals surface area contributed by atoms with Crippen molar-refractivity contribution in [3.05, 3.63) is 48.0 Å². The van der Waals surface area contributed by atoms with Crippen LogP contribution >= 0.6 is 0 Å². The van der Waals surface area contributed by atoms with Crippen LogP contribution in [-0.2, 0) is 0 Å². The van der Waals surface area contributed by atoms with Gasteiger partial charge in [-0.3, -0.25) is 4.79 Å². The van der Waals surface area contributed by atoms with Crippen molar-refractivity contribution in [2.45, 2.75) is 31.9 Å². The van der Waals surface area contributed by atoms with E-state index in [9.17, 15) is 18.7 Å². The molecule has 2 aromatic heterocycles. The van der Waals surface area contributed by atoms with E-state index in [1.807, 2.05) is 0 Å². The lowest BCUT2D eigenvalue weighted by atomic mass is 10.1. The van der Waals surface area contributed by atoms with Crippen molar-refractivity contribution in [1.29, 1.82) is 0 Å². The number of ether oxygens (including phenoxy) is 1. The van der Waals surface area contributed by atoms with Gasteiger partial charge in [-0.25, -0.2) is 13.8 Å². The molecule has 1 amide bonds. The second-order valence-corrected chi connectivity index (χ2v) is 5.20. The number of aliphatic hydroxyl groups excluding tert-OH is 1. The predicted octanol–water partition coefficient (Wildman–Crippen LogP) is 2.56. The highest BCUT2D eigenvalue weighted by Gasteiger charge is 2.20. The molecule has 2 unspecified atom stereocenters. The smallest absolute Gasteiger partial charge is 0.272 e. The van der Waals surface area contributed by atoms with Crippen LogP contribution in [0.2, 0.25) is 0 Å². The first-order chi connectivity index (χ1) is 11.5.